The van der Waals surface area contributed by atoms with E-state index in [9.17, 15) is 24.3 Å². The summed E-state index contributed by atoms with van der Waals surface area (Å²) in [6, 6.07) is 11.0. The number of pyridine rings is 1. The molecular weight excluding hydrogens is 476 g/mol. The highest BCUT2D eigenvalue weighted by molar-refractivity contribution is 5.98. The van der Waals surface area contributed by atoms with Crippen LogP contribution in [0.3, 0.4) is 0 Å². The molecule has 10 heteroatoms. The molecule has 1 aromatic heterocycles. The lowest BCUT2D eigenvalue weighted by Gasteiger charge is -2.21. The second kappa shape index (κ2) is 13.0. The van der Waals surface area contributed by atoms with Crippen LogP contribution in [0.15, 0.2) is 48.7 Å². The first-order chi connectivity index (χ1) is 17.6. The number of hydrogen-bond donors (Lipinski definition) is 4. The van der Waals surface area contributed by atoms with Crippen LogP contribution >= 0.6 is 0 Å². The number of rotatable bonds is 14. The number of phenols is 1. The molecule has 2 heterocycles. The molecule has 0 bridgehead atoms. The Morgan fingerprint density at radius 3 is 2.38 bits per heavy atom. The summed E-state index contributed by atoms with van der Waals surface area (Å²) in [5, 5.41) is 14.9. The third-order valence-electron chi connectivity index (χ3n) is 6.10. The van der Waals surface area contributed by atoms with Gasteiger partial charge in [-0.25, -0.2) is 0 Å². The van der Waals surface area contributed by atoms with Crippen molar-refractivity contribution in [1.29, 1.82) is 0 Å². The van der Waals surface area contributed by atoms with E-state index in [-0.39, 0.29) is 30.3 Å². The van der Waals surface area contributed by atoms with Crippen molar-refractivity contribution >= 4 is 23.5 Å². The van der Waals surface area contributed by atoms with Crippen molar-refractivity contribution < 1.29 is 29.0 Å². The number of hydrogen-bond acceptors (Lipinski definition) is 7. The lowest BCUT2D eigenvalue weighted by atomic mass is 9.89. The SMILES string of the molecule is CC(C)C[C@H](NC(=O)C1OC1C(=O)NCCc1ccccn1)C(=O)CC(Cc1ccc(O)cc1)C(N)=O. The lowest BCUT2D eigenvalue weighted by molar-refractivity contribution is -0.131. The first-order valence-corrected chi connectivity index (χ1v) is 12.4. The Labute approximate surface area is 216 Å². The molecule has 3 amide bonds. The van der Waals surface area contributed by atoms with E-state index in [2.05, 4.69) is 15.6 Å². The monoisotopic (exact) mass is 510 g/mol. The van der Waals surface area contributed by atoms with Crippen molar-refractivity contribution in [2.45, 2.75) is 57.8 Å². The summed E-state index contributed by atoms with van der Waals surface area (Å²) in [7, 11) is 0. The summed E-state index contributed by atoms with van der Waals surface area (Å²) >= 11 is 0. The fourth-order valence-electron chi connectivity index (χ4n) is 4.04. The van der Waals surface area contributed by atoms with E-state index in [4.69, 9.17) is 10.5 Å². The van der Waals surface area contributed by atoms with Crippen LogP contribution in [0.1, 0.15) is 37.9 Å². The van der Waals surface area contributed by atoms with Crippen LogP contribution in [0.5, 0.6) is 5.75 Å². The van der Waals surface area contributed by atoms with E-state index < -0.39 is 41.9 Å². The number of carbonyl (C=O) groups excluding carboxylic acids is 4. The van der Waals surface area contributed by atoms with Gasteiger partial charge in [-0.3, -0.25) is 24.2 Å². The van der Waals surface area contributed by atoms with Crippen molar-refractivity contribution in [3.8, 4) is 5.75 Å². The van der Waals surface area contributed by atoms with Gasteiger partial charge in [-0.15, -0.1) is 0 Å². The maximum absolute atomic E-state index is 13.1. The number of carbonyl (C=O) groups is 4. The zero-order valence-electron chi connectivity index (χ0n) is 21.1. The molecule has 10 nitrogen and oxygen atoms in total. The number of primary amides is 1. The van der Waals surface area contributed by atoms with E-state index in [1.54, 1.807) is 18.3 Å². The molecule has 0 aliphatic carbocycles. The summed E-state index contributed by atoms with van der Waals surface area (Å²) in [5.74, 6) is -2.46. The summed E-state index contributed by atoms with van der Waals surface area (Å²) in [4.78, 5) is 54.5. The van der Waals surface area contributed by atoms with Gasteiger partial charge in [0.2, 0.25) is 5.91 Å². The number of Topliss-reactive ketones (excluding diaryl/α,β-unsaturated/α-hetero) is 1. The number of epoxide rings is 1. The maximum Gasteiger partial charge on any atom is 0.253 e. The standard InChI is InChI=1S/C27H34N4O6/c1-16(2)13-21(22(33)15-18(25(28)34)14-17-6-8-20(32)9-7-17)31-27(36)24-23(37-24)26(35)30-12-10-19-5-3-4-11-29-19/h3-9,11,16,18,21,23-24,32H,10,12-15H2,1-2H3,(H2,28,34)(H,30,35)(H,31,36)/t18?,21-,23?,24?/m0/s1. The minimum atomic E-state index is -0.971. The number of benzene rings is 1. The minimum Gasteiger partial charge on any atom is -0.508 e. The van der Waals surface area contributed by atoms with Gasteiger partial charge in [-0.05, 0) is 48.6 Å². The highest BCUT2D eigenvalue weighted by Crippen LogP contribution is 2.24. The normalized spacial score (nSPS) is 18.0. The topological polar surface area (TPSA) is 164 Å². The van der Waals surface area contributed by atoms with Gasteiger partial charge in [0.25, 0.3) is 11.8 Å². The Balaban J connectivity index is 1.53. The molecule has 2 aromatic rings. The second-order valence-corrected chi connectivity index (χ2v) is 9.67. The summed E-state index contributed by atoms with van der Waals surface area (Å²) in [5.41, 5.74) is 7.14. The van der Waals surface area contributed by atoms with Gasteiger partial charge in [-0.1, -0.05) is 32.0 Å². The van der Waals surface area contributed by atoms with Crippen LogP contribution in [0, 0.1) is 11.8 Å². The van der Waals surface area contributed by atoms with E-state index in [1.165, 1.54) is 12.1 Å². The average molecular weight is 511 g/mol. The van der Waals surface area contributed by atoms with Crippen molar-refractivity contribution in [3.63, 3.8) is 0 Å². The Bertz CT molecular complexity index is 1090. The number of nitrogens with one attached hydrogen (secondary N) is 2. The Kier molecular flexibility index (Phi) is 9.73. The minimum absolute atomic E-state index is 0.0872. The molecule has 1 aliphatic rings. The summed E-state index contributed by atoms with van der Waals surface area (Å²) < 4.78 is 5.29. The van der Waals surface area contributed by atoms with Crippen LogP contribution in [0.4, 0.5) is 0 Å². The Morgan fingerprint density at radius 1 is 1.05 bits per heavy atom. The number of ether oxygens (including phenoxy) is 1. The van der Waals surface area contributed by atoms with Crippen molar-refractivity contribution in [2.24, 2.45) is 17.6 Å². The first kappa shape index (κ1) is 27.8. The quantitative estimate of drug-likeness (QED) is 0.276. The van der Waals surface area contributed by atoms with E-state index in [0.717, 1.165) is 11.3 Å². The fourth-order valence-corrected chi connectivity index (χ4v) is 4.04. The lowest BCUT2D eigenvalue weighted by Crippen LogP contribution is -2.46. The van der Waals surface area contributed by atoms with E-state index in [1.807, 2.05) is 32.0 Å². The fraction of sp³-hybridized carbons (Fsp3) is 0.444. The number of amides is 3. The van der Waals surface area contributed by atoms with Crippen molar-refractivity contribution in [2.75, 3.05) is 6.54 Å². The molecule has 1 fully saturated rings. The van der Waals surface area contributed by atoms with Gasteiger partial charge in [0.1, 0.15) is 5.75 Å². The third-order valence-corrected chi connectivity index (χ3v) is 6.10. The number of aromatic nitrogens is 1. The molecule has 3 unspecified atom stereocenters. The maximum atomic E-state index is 13.1. The number of phenolic OH excluding ortho intramolecular Hbond substituents is 1. The molecule has 0 saturated carbocycles. The molecule has 37 heavy (non-hydrogen) atoms. The van der Waals surface area contributed by atoms with Crippen LogP contribution in [-0.2, 0) is 36.8 Å². The van der Waals surface area contributed by atoms with Gasteiger partial charge >= 0.3 is 0 Å². The first-order valence-electron chi connectivity index (χ1n) is 12.4. The van der Waals surface area contributed by atoms with Gasteiger partial charge in [-0.2, -0.15) is 0 Å². The van der Waals surface area contributed by atoms with Crippen LogP contribution < -0.4 is 16.4 Å². The summed E-state index contributed by atoms with van der Waals surface area (Å²) in [6.45, 7) is 4.19. The molecule has 4 atom stereocenters. The van der Waals surface area contributed by atoms with Crippen LogP contribution in [-0.4, -0.2) is 58.4 Å². The van der Waals surface area contributed by atoms with Gasteiger partial charge in [0.15, 0.2) is 18.0 Å². The molecule has 0 spiro atoms. The molecule has 5 N–H and O–H groups in total. The molecule has 0 radical (unpaired) electrons. The number of aromatic hydroxyl groups is 1. The number of ketones is 1. The largest absolute Gasteiger partial charge is 0.508 e. The van der Waals surface area contributed by atoms with E-state index >= 15 is 0 Å². The van der Waals surface area contributed by atoms with Crippen LogP contribution in [0.2, 0.25) is 0 Å². The van der Waals surface area contributed by atoms with Crippen molar-refractivity contribution in [3.05, 3.63) is 59.9 Å². The number of nitrogens with zero attached hydrogens (tertiary/aromatic N) is 1. The predicted molar refractivity (Wildman–Crippen MR) is 135 cm³/mol. The van der Waals surface area contributed by atoms with E-state index in [0.29, 0.717) is 19.4 Å². The molecule has 198 valence electrons. The molecule has 3 rings (SSSR count). The molecule has 1 aromatic carbocycles. The highest BCUT2D eigenvalue weighted by Gasteiger charge is 2.50. The zero-order valence-corrected chi connectivity index (χ0v) is 21.1. The summed E-state index contributed by atoms with van der Waals surface area (Å²) in [6.07, 6.45) is 0.796. The van der Waals surface area contributed by atoms with Gasteiger partial charge in [0, 0.05) is 37.2 Å². The van der Waals surface area contributed by atoms with Gasteiger partial charge < -0.3 is 26.2 Å². The molecular formula is C27H34N4O6. The number of nitrogens with two attached hydrogens (primary N) is 1. The Morgan fingerprint density at radius 2 is 1.76 bits per heavy atom. The smallest absolute Gasteiger partial charge is 0.253 e. The van der Waals surface area contributed by atoms with Crippen LogP contribution in [0.25, 0.3) is 0 Å². The zero-order chi connectivity index (χ0) is 26.9. The predicted octanol–water partition coefficient (Wildman–Crippen LogP) is 1.05. The second-order valence-electron chi connectivity index (χ2n) is 9.67. The average Bonchev–Trinajstić information content (AvgIpc) is 3.66. The van der Waals surface area contributed by atoms with Gasteiger partial charge in [0.05, 0.1) is 6.04 Å². The highest BCUT2D eigenvalue weighted by atomic mass is 16.6. The third kappa shape index (κ3) is 8.68. The Hall–Kier alpha value is -3.79. The van der Waals surface area contributed by atoms with Crippen molar-refractivity contribution in [1.82, 2.24) is 15.6 Å². The molecule has 1 saturated heterocycles. The molecule has 1 aliphatic heterocycles.